The summed E-state index contributed by atoms with van der Waals surface area (Å²) < 4.78 is 26.7. The Labute approximate surface area is 117 Å². The van der Waals surface area contributed by atoms with Crippen molar-refractivity contribution in [3.8, 4) is 0 Å². The Morgan fingerprint density at radius 3 is 2.47 bits per heavy atom. The van der Waals surface area contributed by atoms with Crippen molar-refractivity contribution < 1.29 is 23.4 Å². The van der Waals surface area contributed by atoms with E-state index in [1.54, 1.807) is 21.3 Å². The second-order valence-corrected chi connectivity index (χ2v) is 6.24. The second kappa shape index (κ2) is 7.15. The molecule has 2 aliphatic rings. The maximum Gasteiger partial charge on any atom is 0.305 e. The number of ether oxygens (including phenoxy) is 4. The number of rotatable bonds is 9. The van der Waals surface area contributed by atoms with E-state index in [0.717, 1.165) is 12.0 Å². The third kappa shape index (κ3) is 4.24. The number of epoxide rings is 1. The molecule has 3 unspecified atom stereocenters. The lowest BCUT2D eigenvalue weighted by molar-refractivity contribution is -0.361. The van der Waals surface area contributed by atoms with Gasteiger partial charge in [-0.2, -0.15) is 0 Å². The predicted octanol–water partition coefficient (Wildman–Crippen LogP) is 1.59. The largest absolute Gasteiger partial charge is 0.409 e. The first-order valence-corrected chi connectivity index (χ1v) is 8.00. The summed E-state index contributed by atoms with van der Waals surface area (Å²) in [6.45, 7) is 0.299. The van der Waals surface area contributed by atoms with Crippen LogP contribution in [0.5, 0.6) is 0 Å². The lowest BCUT2D eigenvalue weighted by Gasteiger charge is -2.28. The van der Waals surface area contributed by atoms with Crippen LogP contribution in [0.1, 0.15) is 25.7 Å². The first-order valence-electron chi connectivity index (χ1n) is 6.88. The fraction of sp³-hybridized carbons (Fsp3) is 1.00. The first kappa shape index (κ1) is 15.4. The molecule has 1 saturated carbocycles. The van der Waals surface area contributed by atoms with Crippen molar-refractivity contribution in [1.82, 2.24) is 0 Å². The minimum atomic E-state index is -1.06. The van der Waals surface area contributed by atoms with Crippen LogP contribution in [-0.4, -0.2) is 55.9 Å². The van der Waals surface area contributed by atoms with Gasteiger partial charge in [-0.1, -0.05) is 6.42 Å². The predicted molar refractivity (Wildman–Crippen MR) is 70.9 cm³/mol. The molecule has 0 N–H and O–H groups in total. The van der Waals surface area contributed by atoms with Crippen LogP contribution in [-0.2, 0) is 23.4 Å². The van der Waals surface area contributed by atoms with Gasteiger partial charge in [0.05, 0.1) is 12.2 Å². The molecule has 110 valence electrons. The maximum absolute atomic E-state index is 5.62. The van der Waals surface area contributed by atoms with Gasteiger partial charge in [-0.3, -0.25) is 0 Å². The highest BCUT2D eigenvalue weighted by molar-refractivity contribution is 6.27. The van der Waals surface area contributed by atoms with E-state index in [2.05, 4.69) is 0 Å². The summed E-state index contributed by atoms with van der Waals surface area (Å²) in [4.78, 5) is 0. The van der Waals surface area contributed by atoms with Gasteiger partial charge in [0, 0.05) is 21.3 Å². The monoisotopic (exact) mass is 288 g/mol. The summed E-state index contributed by atoms with van der Waals surface area (Å²) in [7, 11) is 5.11. The molecular weight excluding hydrogens is 264 g/mol. The highest BCUT2D eigenvalue weighted by Crippen LogP contribution is 2.40. The van der Waals surface area contributed by atoms with E-state index in [4.69, 9.17) is 23.4 Å². The topological polar surface area (TPSA) is 49.5 Å². The molecule has 0 aromatic carbocycles. The Morgan fingerprint density at radius 2 is 1.84 bits per heavy atom. The Morgan fingerprint density at radius 1 is 1.11 bits per heavy atom. The first-order chi connectivity index (χ1) is 9.23. The molecule has 19 heavy (non-hydrogen) atoms. The molecule has 0 spiro atoms. The van der Waals surface area contributed by atoms with Gasteiger partial charge in [0.15, 0.2) is 0 Å². The summed E-state index contributed by atoms with van der Waals surface area (Å²) >= 11 is 0. The number of methoxy groups -OCH3 is 3. The normalized spacial score (nSPS) is 30.2. The molecule has 0 aromatic rings. The van der Waals surface area contributed by atoms with Crippen LogP contribution < -0.4 is 0 Å². The van der Waals surface area contributed by atoms with Crippen molar-refractivity contribution in [2.24, 2.45) is 5.92 Å². The highest BCUT2D eigenvalue weighted by Gasteiger charge is 2.43. The SMILES string of the molecule is COC(CO[Si]CCC1CCC2OC2C1)(OC)OC. The number of hydrogen-bond acceptors (Lipinski definition) is 5. The smallest absolute Gasteiger partial charge is 0.305 e. The van der Waals surface area contributed by atoms with E-state index < -0.39 is 5.97 Å². The van der Waals surface area contributed by atoms with Crippen molar-refractivity contribution in [1.29, 1.82) is 0 Å². The van der Waals surface area contributed by atoms with Crippen LogP contribution in [0.15, 0.2) is 0 Å². The van der Waals surface area contributed by atoms with Gasteiger partial charge in [0.25, 0.3) is 0 Å². The molecule has 3 atom stereocenters. The quantitative estimate of drug-likeness (QED) is 0.279. The van der Waals surface area contributed by atoms with E-state index in [1.807, 2.05) is 0 Å². The fourth-order valence-corrected chi connectivity index (χ4v) is 3.60. The summed E-state index contributed by atoms with van der Waals surface area (Å²) in [5.41, 5.74) is 0. The van der Waals surface area contributed by atoms with Gasteiger partial charge in [-0.25, -0.2) is 0 Å². The van der Waals surface area contributed by atoms with E-state index in [0.29, 0.717) is 28.6 Å². The minimum absolute atomic E-state index is 0.299. The molecule has 5 nitrogen and oxygen atoms in total. The number of hydrogen-bond donors (Lipinski definition) is 0. The highest BCUT2D eigenvalue weighted by atomic mass is 28.2. The van der Waals surface area contributed by atoms with Crippen LogP contribution >= 0.6 is 0 Å². The molecule has 2 radical (unpaired) electrons. The summed E-state index contributed by atoms with van der Waals surface area (Å²) in [6.07, 6.45) is 6.20. The Balaban J connectivity index is 1.53. The summed E-state index contributed by atoms with van der Waals surface area (Å²) in [5, 5.41) is 0. The van der Waals surface area contributed by atoms with Crippen molar-refractivity contribution >= 4 is 9.76 Å². The average molecular weight is 288 g/mol. The molecule has 1 aliphatic heterocycles. The average Bonchev–Trinajstić information content (AvgIpc) is 3.22. The lowest BCUT2D eigenvalue weighted by Crippen LogP contribution is -2.41. The minimum Gasteiger partial charge on any atom is -0.409 e. The molecule has 1 saturated heterocycles. The molecule has 6 heteroatoms. The third-order valence-corrected chi connectivity index (χ3v) is 4.89. The van der Waals surface area contributed by atoms with Gasteiger partial charge >= 0.3 is 5.97 Å². The molecular formula is C13H24O5Si. The molecule has 2 rings (SSSR count). The maximum atomic E-state index is 5.62. The van der Waals surface area contributed by atoms with Crippen molar-refractivity contribution in [3.63, 3.8) is 0 Å². The third-order valence-electron chi connectivity index (χ3n) is 4.05. The lowest BCUT2D eigenvalue weighted by atomic mass is 9.88. The van der Waals surface area contributed by atoms with E-state index >= 15 is 0 Å². The van der Waals surface area contributed by atoms with Gasteiger partial charge in [0.1, 0.15) is 6.61 Å². The van der Waals surface area contributed by atoms with E-state index in [9.17, 15) is 0 Å². The Hall–Kier alpha value is 0.0169. The summed E-state index contributed by atoms with van der Waals surface area (Å²) in [5.74, 6) is -0.246. The Bertz CT molecular complexity index is 263. The van der Waals surface area contributed by atoms with Crippen LogP contribution in [0.25, 0.3) is 0 Å². The van der Waals surface area contributed by atoms with Crippen LogP contribution in [0.4, 0.5) is 0 Å². The van der Waals surface area contributed by atoms with Gasteiger partial charge < -0.3 is 23.4 Å². The molecule has 2 fully saturated rings. The zero-order chi connectivity index (χ0) is 13.7. The molecule has 1 aliphatic carbocycles. The molecule has 0 bridgehead atoms. The van der Waals surface area contributed by atoms with E-state index in [1.165, 1.54) is 25.7 Å². The second-order valence-electron chi connectivity index (χ2n) is 5.16. The van der Waals surface area contributed by atoms with Gasteiger partial charge in [-0.15, -0.1) is 0 Å². The van der Waals surface area contributed by atoms with Crippen molar-refractivity contribution in [2.75, 3.05) is 27.9 Å². The van der Waals surface area contributed by atoms with Crippen molar-refractivity contribution in [2.45, 2.75) is 49.9 Å². The van der Waals surface area contributed by atoms with E-state index in [-0.39, 0.29) is 0 Å². The Kier molecular flexibility index (Phi) is 5.80. The zero-order valence-electron chi connectivity index (χ0n) is 12.0. The molecule has 0 amide bonds. The van der Waals surface area contributed by atoms with Crippen LogP contribution in [0, 0.1) is 5.92 Å². The van der Waals surface area contributed by atoms with Crippen LogP contribution in [0.3, 0.4) is 0 Å². The number of fused-ring (bicyclic) bond motifs is 1. The van der Waals surface area contributed by atoms with Crippen LogP contribution in [0.2, 0.25) is 6.04 Å². The van der Waals surface area contributed by atoms with Gasteiger partial charge in [0.2, 0.25) is 9.76 Å². The fourth-order valence-electron chi connectivity index (χ4n) is 2.65. The molecule has 0 aromatic heterocycles. The molecule has 1 heterocycles. The summed E-state index contributed by atoms with van der Waals surface area (Å²) in [6, 6.07) is 1.09. The zero-order valence-corrected chi connectivity index (χ0v) is 13.0. The van der Waals surface area contributed by atoms with Crippen molar-refractivity contribution in [3.05, 3.63) is 0 Å². The standard InChI is InChI=1S/C13H24O5Si/c1-14-13(15-2,16-3)9-17-19-7-6-10-4-5-11-12(8-10)18-11/h10-12H,4-9H2,1-3H3. The van der Waals surface area contributed by atoms with Gasteiger partial charge in [-0.05, 0) is 31.2 Å².